The summed E-state index contributed by atoms with van der Waals surface area (Å²) in [7, 11) is 0. The van der Waals surface area contributed by atoms with Gasteiger partial charge < -0.3 is 16.0 Å². The van der Waals surface area contributed by atoms with Crippen LogP contribution in [-0.2, 0) is 16.0 Å². The normalized spacial score (nSPS) is 9.88. The van der Waals surface area contributed by atoms with Crippen molar-refractivity contribution in [2.24, 2.45) is 0 Å². The maximum Gasteiger partial charge on any atom is 0.224 e. The average molecular weight is 341 g/mol. The minimum Gasteiger partial charge on any atom is -0.332 e. The summed E-state index contributed by atoms with van der Waals surface area (Å²) in [4.78, 5) is 22.9. The number of hydrogen-bond donors (Lipinski definition) is 3. The molecule has 0 atom stereocenters. The summed E-state index contributed by atoms with van der Waals surface area (Å²) >= 11 is 4.98. The molecule has 0 unspecified atom stereocenters. The summed E-state index contributed by atoms with van der Waals surface area (Å²) in [5, 5.41) is 8.46. The van der Waals surface area contributed by atoms with Crippen molar-refractivity contribution in [1.29, 1.82) is 0 Å². The van der Waals surface area contributed by atoms with Crippen LogP contribution in [0.1, 0.15) is 18.9 Å². The first-order valence-corrected chi connectivity index (χ1v) is 7.96. The number of hydrogen-bond acceptors (Lipinski definition) is 3. The first kappa shape index (κ1) is 17.6. The molecule has 24 heavy (non-hydrogen) atoms. The molecule has 0 fully saturated rings. The molecule has 2 rings (SSSR count). The molecular formula is C18H19N3O2S. The molecule has 0 heterocycles. The smallest absolute Gasteiger partial charge is 0.224 e. The molecule has 124 valence electrons. The number of carbonyl (C=O) groups excluding carboxylic acids is 2. The van der Waals surface area contributed by atoms with Crippen LogP contribution in [0.4, 0.5) is 11.4 Å². The van der Waals surface area contributed by atoms with Gasteiger partial charge in [-0.3, -0.25) is 9.59 Å². The van der Waals surface area contributed by atoms with E-state index >= 15 is 0 Å². The zero-order valence-electron chi connectivity index (χ0n) is 13.3. The van der Waals surface area contributed by atoms with Gasteiger partial charge in [0, 0.05) is 24.7 Å². The lowest BCUT2D eigenvalue weighted by Crippen LogP contribution is -2.32. The monoisotopic (exact) mass is 341 g/mol. The number of amides is 2. The second-order valence-corrected chi connectivity index (χ2v) is 5.65. The van der Waals surface area contributed by atoms with Crippen LogP contribution in [0.2, 0.25) is 0 Å². The maximum absolute atomic E-state index is 12.0. The second-order valence-electron chi connectivity index (χ2n) is 5.25. The predicted molar refractivity (Wildman–Crippen MR) is 99.9 cm³/mol. The number of rotatable bonds is 5. The molecule has 2 aromatic rings. The summed E-state index contributed by atoms with van der Waals surface area (Å²) in [5.74, 6) is -0.261. The third-order valence-corrected chi connectivity index (χ3v) is 3.40. The van der Waals surface area contributed by atoms with Gasteiger partial charge in [0.05, 0.1) is 0 Å². The standard InChI is InChI=1S/C18H19N3O2S/c1-13(22)19-18(24)21-16-10-8-15(9-11-16)20-17(23)12-7-14-5-3-2-4-6-14/h2-6,8-11H,7,12H2,1H3,(H,20,23)(H2,19,21,22,24). The van der Waals surface area contributed by atoms with Gasteiger partial charge in [-0.25, -0.2) is 0 Å². The Morgan fingerprint density at radius 3 is 2.08 bits per heavy atom. The highest BCUT2D eigenvalue weighted by atomic mass is 32.1. The Morgan fingerprint density at radius 2 is 1.50 bits per heavy atom. The van der Waals surface area contributed by atoms with E-state index in [0.29, 0.717) is 18.5 Å². The van der Waals surface area contributed by atoms with Crippen molar-refractivity contribution >= 4 is 40.5 Å². The fourth-order valence-corrected chi connectivity index (χ4v) is 2.35. The molecule has 0 spiro atoms. The third-order valence-electron chi connectivity index (χ3n) is 3.20. The van der Waals surface area contributed by atoms with Crippen molar-refractivity contribution in [2.45, 2.75) is 19.8 Å². The lowest BCUT2D eigenvalue weighted by atomic mass is 10.1. The highest BCUT2D eigenvalue weighted by Crippen LogP contribution is 2.14. The van der Waals surface area contributed by atoms with E-state index in [1.807, 2.05) is 30.3 Å². The summed E-state index contributed by atoms with van der Waals surface area (Å²) in [5.41, 5.74) is 2.58. The number of anilines is 2. The lowest BCUT2D eigenvalue weighted by Gasteiger charge is -2.09. The van der Waals surface area contributed by atoms with E-state index in [0.717, 1.165) is 11.3 Å². The molecule has 5 nitrogen and oxygen atoms in total. The number of nitrogens with one attached hydrogen (secondary N) is 3. The quantitative estimate of drug-likeness (QED) is 0.731. The molecule has 0 aliphatic rings. The molecule has 3 N–H and O–H groups in total. The fraction of sp³-hybridized carbons (Fsp3) is 0.167. The molecule has 0 saturated carbocycles. The van der Waals surface area contributed by atoms with E-state index in [1.54, 1.807) is 24.3 Å². The van der Waals surface area contributed by atoms with Crippen LogP contribution >= 0.6 is 12.2 Å². The van der Waals surface area contributed by atoms with Crippen LogP contribution < -0.4 is 16.0 Å². The summed E-state index contributed by atoms with van der Waals surface area (Å²) < 4.78 is 0. The maximum atomic E-state index is 12.0. The van der Waals surface area contributed by atoms with Gasteiger partial charge in [-0.1, -0.05) is 30.3 Å². The first-order chi connectivity index (χ1) is 11.5. The number of benzene rings is 2. The first-order valence-electron chi connectivity index (χ1n) is 7.55. The van der Waals surface area contributed by atoms with E-state index in [1.165, 1.54) is 6.92 Å². The Balaban J connectivity index is 1.81. The lowest BCUT2D eigenvalue weighted by molar-refractivity contribution is -0.117. The molecule has 0 bridgehead atoms. The molecule has 6 heteroatoms. The second kappa shape index (κ2) is 8.79. The number of aryl methyl sites for hydroxylation is 1. The zero-order chi connectivity index (χ0) is 17.4. The van der Waals surface area contributed by atoms with E-state index in [2.05, 4.69) is 16.0 Å². The van der Waals surface area contributed by atoms with Crippen molar-refractivity contribution in [1.82, 2.24) is 5.32 Å². The van der Waals surface area contributed by atoms with Gasteiger partial charge in [-0.15, -0.1) is 0 Å². The Bertz CT molecular complexity index is 715. The predicted octanol–water partition coefficient (Wildman–Crippen LogP) is 3.09. The van der Waals surface area contributed by atoms with Gasteiger partial charge in [-0.2, -0.15) is 0 Å². The van der Waals surface area contributed by atoms with Gasteiger partial charge in [0.25, 0.3) is 0 Å². The van der Waals surface area contributed by atoms with E-state index < -0.39 is 0 Å². The van der Waals surface area contributed by atoms with Gasteiger partial charge in [0.1, 0.15) is 0 Å². The van der Waals surface area contributed by atoms with Crippen LogP contribution in [0.3, 0.4) is 0 Å². The Morgan fingerprint density at radius 1 is 0.917 bits per heavy atom. The Labute approximate surface area is 146 Å². The van der Waals surface area contributed by atoms with Crippen LogP contribution in [0.15, 0.2) is 54.6 Å². The van der Waals surface area contributed by atoms with Gasteiger partial charge in [0.15, 0.2) is 5.11 Å². The van der Waals surface area contributed by atoms with E-state index in [4.69, 9.17) is 12.2 Å². The van der Waals surface area contributed by atoms with Crippen molar-refractivity contribution < 1.29 is 9.59 Å². The van der Waals surface area contributed by atoms with Crippen LogP contribution in [0, 0.1) is 0 Å². The van der Waals surface area contributed by atoms with Crippen LogP contribution in [0.5, 0.6) is 0 Å². The Kier molecular flexibility index (Phi) is 6.45. The minimum atomic E-state index is -0.227. The zero-order valence-corrected chi connectivity index (χ0v) is 14.2. The number of carbonyl (C=O) groups is 2. The SMILES string of the molecule is CC(=O)NC(=S)Nc1ccc(NC(=O)CCc2ccccc2)cc1. The molecule has 0 aliphatic carbocycles. The summed E-state index contributed by atoms with van der Waals surface area (Å²) in [6.07, 6.45) is 1.13. The Hall–Kier alpha value is -2.73. The van der Waals surface area contributed by atoms with Crippen molar-refractivity contribution in [3.8, 4) is 0 Å². The van der Waals surface area contributed by atoms with Crippen LogP contribution in [0.25, 0.3) is 0 Å². The van der Waals surface area contributed by atoms with Gasteiger partial charge in [0.2, 0.25) is 11.8 Å². The average Bonchev–Trinajstić information content (AvgIpc) is 2.55. The highest BCUT2D eigenvalue weighted by molar-refractivity contribution is 7.80. The molecule has 0 saturated heterocycles. The summed E-state index contributed by atoms with van der Waals surface area (Å²) in [6, 6.07) is 17.0. The topological polar surface area (TPSA) is 70.2 Å². The molecule has 0 aliphatic heterocycles. The van der Waals surface area contributed by atoms with Gasteiger partial charge >= 0.3 is 0 Å². The van der Waals surface area contributed by atoms with Gasteiger partial charge in [-0.05, 0) is 48.5 Å². The minimum absolute atomic E-state index is 0.0340. The number of thiocarbonyl (C=S) groups is 1. The largest absolute Gasteiger partial charge is 0.332 e. The van der Waals surface area contributed by atoms with E-state index in [9.17, 15) is 9.59 Å². The highest BCUT2D eigenvalue weighted by Gasteiger charge is 2.04. The van der Waals surface area contributed by atoms with Crippen molar-refractivity contribution in [2.75, 3.05) is 10.6 Å². The van der Waals surface area contributed by atoms with Crippen molar-refractivity contribution in [3.05, 3.63) is 60.2 Å². The van der Waals surface area contributed by atoms with Crippen molar-refractivity contribution in [3.63, 3.8) is 0 Å². The fourth-order valence-electron chi connectivity index (χ4n) is 2.09. The molecule has 0 radical (unpaired) electrons. The molecule has 2 amide bonds. The third kappa shape index (κ3) is 6.18. The summed E-state index contributed by atoms with van der Waals surface area (Å²) in [6.45, 7) is 1.39. The molecular weight excluding hydrogens is 322 g/mol. The molecule has 2 aromatic carbocycles. The van der Waals surface area contributed by atoms with Crippen LogP contribution in [-0.4, -0.2) is 16.9 Å². The molecule has 0 aromatic heterocycles. The van der Waals surface area contributed by atoms with E-state index in [-0.39, 0.29) is 16.9 Å².